The summed E-state index contributed by atoms with van der Waals surface area (Å²) in [6.07, 6.45) is 0. The van der Waals surface area contributed by atoms with E-state index in [0.29, 0.717) is 0 Å². The molecular weight excluding hydrogens is 581 g/mol. The zero-order valence-electron chi connectivity index (χ0n) is 26.5. The Morgan fingerprint density at radius 1 is 0.292 bits per heavy atom. The lowest BCUT2D eigenvalue weighted by molar-refractivity contribution is 1.30. The summed E-state index contributed by atoms with van der Waals surface area (Å²) in [5, 5.41) is 5.91. The van der Waals surface area contributed by atoms with E-state index in [9.17, 15) is 0 Å². The fraction of sp³-hybridized carbons (Fsp3) is 0. The molecule has 0 saturated heterocycles. The van der Waals surface area contributed by atoms with Crippen LogP contribution in [0.2, 0.25) is 0 Å². The van der Waals surface area contributed by atoms with Crippen molar-refractivity contribution < 1.29 is 0 Å². The molecule has 0 bridgehead atoms. The molecule has 0 saturated carbocycles. The van der Waals surface area contributed by atoms with Crippen molar-refractivity contribution in [2.24, 2.45) is 0 Å². The lowest BCUT2D eigenvalue weighted by atomic mass is 9.98. The van der Waals surface area contributed by atoms with Gasteiger partial charge >= 0.3 is 0 Å². The molecule has 0 atom stereocenters. The minimum atomic E-state index is 1.08. The second-order valence-electron chi connectivity index (χ2n) is 11.9. The van der Waals surface area contributed by atoms with Crippen LogP contribution in [0.5, 0.6) is 0 Å². The Balaban J connectivity index is 1.00. The smallest absolute Gasteiger partial charge is 0.0540 e. The number of para-hydroxylation sites is 2. The van der Waals surface area contributed by atoms with Gasteiger partial charge in [-0.2, -0.15) is 0 Å². The van der Waals surface area contributed by atoms with E-state index in [1.807, 2.05) is 18.2 Å². The molecule has 2 heteroatoms. The Labute approximate surface area is 282 Å². The first-order valence-corrected chi connectivity index (χ1v) is 16.3. The number of fused-ring (bicyclic) bond motifs is 1. The topological polar surface area (TPSA) is 15.3 Å². The van der Waals surface area contributed by atoms with Crippen LogP contribution in [0.1, 0.15) is 0 Å². The molecule has 1 N–H and O–H groups in total. The van der Waals surface area contributed by atoms with Crippen LogP contribution in [-0.2, 0) is 0 Å². The molecule has 0 amide bonds. The number of nitrogens with zero attached hydrogens (tertiary/aromatic N) is 1. The molecule has 2 nitrogen and oxygen atoms in total. The van der Waals surface area contributed by atoms with Crippen molar-refractivity contribution in [1.82, 2.24) is 0 Å². The lowest BCUT2D eigenvalue weighted by Gasteiger charge is -2.27. The first-order chi connectivity index (χ1) is 23.8. The third-order valence-electron chi connectivity index (χ3n) is 8.86. The monoisotopic (exact) mass is 614 g/mol. The van der Waals surface area contributed by atoms with Crippen molar-refractivity contribution in [2.45, 2.75) is 0 Å². The van der Waals surface area contributed by atoms with E-state index in [1.54, 1.807) is 0 Å². The maximum Gasteiger partial charge on any atom is 0.0540 e. The molecule has 0 unspecified atom stereocenters. The van der Waals surface area contributed by atoms with Crippen LogP contribution in [0.25, 0.3) is 44.2 Å². The second-order valence-corrected chi connectivity index (χ2v) is 11.9. The molecule has 0 radical (unpaired) electrons. The number of rotatable bonds is 8. The van der Waals surface area contributed by atoms with E-state index in [2.05, 4.69) is 192 Å². The van der Waals surface area contributed by atoms with E-state index >= 15 is 0 Å². The molecule has 8 rings (SSSR count). The fourth-order valence-electron chi connectivity index (χ4n) is 6.35. The summed E-state index contributed by atoms with van der Waals surface area (Å²) in [6.45, 7) is 0. The summed E-state index contributed by atoms with van der Waals surface area (Å²) in [5.41, 5.74) is 12.8. The molecular formula is C46H34N2. The van der Waals surface area contributed by atoms with E-state index in [-0.39, 0.29) is 0 Å². The standard InChI is InChI=1S/C46H34N2/c1-3-12-41(13-4-1)47-42-30-26-38(27-31-42)36-22-18-34(19-23-36)35-20-24-37(25-21-35)39-28-32-44(33-29-39)48(43-14-5-2-6-15-43)46-17-9-11-40-10-7-8-16-45(40)46/h1-33,47H. The average Bonchev–Trinajstić information content (AvgIpc) is 3.17. The molecule has 8 aromatic rings. The van der Waals surface area contributed by atoms with E-state index < -0.39 is 0 Å². The number of benzene rings is 8. The van der Waals surface area contributed by atoms with E-state index in [4.69, 9.17) is 0 Å². The van der Waals surface area contributed by atoms with Gasteiger partial charge in [-0.25, -0.2) is 0 Å². The molecule has 0 aliphatic carbocycles. The highest BCUT2D eigenvalue weighted by Crippen LogP contribution is 2.39. The zero-order valence-corrected chi connectivity index (χ0v) is 26.5. The molecule has 228 valence electrons. The molecule has 0 spiro atoms. The second kappa shape index (κ2) is 13.2. The minimum absolute atomic E-state index is 1.08. The van der Waals surface area contributed by atoms with Crippen LogP contribution in [0, 0.1) is 0 Å². The van der Waals surface area contributed by atoms with Crippen molar-refractivity contribution >= 4 is 39.2 Å². The Morgan fingerprint density at radius 3 is 1.25 bits per heavy atom. The van der Waals surface area contributed by atoms with Gasteiger partial charge < -0.3 is 10.2 Å². The van der Waals surface area contributed by atoms with Gasteiger partial charge in [-0.05, 0) is 93.4 Å². The van der Waals surface area contributed by atoms with Crippen LogP contribution >= 0.6 is 0 Å². The average molecular weight is 615 g/mol. The Kier molecular flexibility index (Phi) is 7.96. The van der Waals surface area contributed by atoms with Gasteiger partial charge in [0.25, 0.3) is 0 Å². The molecule has 48 heavy (non-hydrogen) atoms. The maximum atomic E-state index is 3.45. The van der Waals surface area contributed by atoms with Gasteiger partial charge in [0.05, 0.1) is 5.69 Å². The van der Waals surface area contributed by atoms with E-state index in [0.717, 1.165) is 22.7 Å². The summed E-state index contributed by atoms with van der Waals surface area (Å²) in [6, 6.07) is 71.1. The predicted molar refractivity (Wildman–Crippen MR) is 205 cm³/mol. The van der Waals surface area contributed by atoms with Gasteiger partial charge in [0.15, 0.2) is 0 Å². The number of hydrogen-bond acceptors (Lipinski definition) is 2. The molecule has 0 aromatic heterocycles. The SMILES string of the molecule is c1ccc(Nc2ccc(-c3ccc(-c4ccc(-c5ccc(N(c6ccccc6)c6cccc7ccccc67)cc5)cc4)cc3)cc2)cc1. The minimum Gasteiger partial charge on any atom is -0.356 e. The molecule has 0 heterocycles. The van der Waals surface area contributed by atoms with Crippen molar-refractivity contribution in [3.8, 4) is 33.4 Å². The predicted octanol–water partition coefficient (Wildman–Crippen LogP) is 13.1. The van der Waals surface area contributed by atoms with Crippen LogP contribution in [0.3, 0.4) is 0 Å². The number of anilines is 5. The van der Waals surface area contributed by atoms with Crippen molar-refractivity contribution in [3.05, 3.63) is 200 Å². The van der Waals surface area contributed by atoms with Crippen LogP contribution < -0.4 is 10.2 Å². The van der Waals surface area contributed by atoms with Gasteiger partial charge in [0.1, 0.15) is 0 Å². The van der Waals surface area contributed by atoms with Gasteiger partial charge in [0, 0.05) is 28.1 Å². The van der Waals surface area contributed by atoms with Gasteiger partial charge in [-0.1, -0.05) is 146 Å². The lowest BCUT2D eigenvalue weighted by Crippen LogP contribution is -2.10. The van der Waals surface area contributed by atoms with E-state index in [1.165, 1.54) is 49.8 Å². The summed E-state index contributed by atoms with van der Waals surface area (Å²) in [5.74, 6) is 0. The normalized spacial score (nSPS) is 10.9. The summed E-state index contributed by atoms with van der Waals surface area (Å²) >= 11 is 0. The summed E-state index contributed by atoms with van der Waals surface area (Å²) < 4.78 is 0. The molecule has 8 aromatic carbocycles. The van der Waals surface area contributed by atoms with Crippen molar-refractivity contribution in [3.63, 3.8) is 0 Å². The van der Waals surface area contributed by atoms with Gasteiger partial charge in [0.2, 0.25) is 0 Å². The Hall–Kier alpha value is -6.38. The fourth-order valence-corrected chi connectivity index (χ4v) is 6.35. The van der Waals surface area contributed by atoms with Crippen LogP contribution in [-0.4, -0.2) is 0 Å². The first kappa shape index (κ1) is 29.1. The van der Waals surface area contributed by atoms with Crippen molar-refractivity contribution in [2.75, 3.05) is 10.2 Å². The highest BCUT2D eigenvalue weighted by molar-refractivity contribution is 5.99. The quantitative estimate of drug-likeness (QED) is 0.183. The summed E-state index contributed by atoms with van der Waals surface area (Å²) in [7, 11) is 0. The third kappa shape index (κ3) is 6.08. The molecule has 0 aliphatic rings. The van der Waals surface area contributed by atoms with Crippen LogP contribution in [0.15, 0.2) is 200 Å². The Morgan fingerprint density at radius 2 is 0.688 bits per heavy atom. The van der Waals surface area contributed by atoms with Gasteiger partial charge in [-0.15, -0.1) is 0 Å². The largest absolute Gasteiger partial charge is 0.356 e. The number of hydrogen-bond donors (Lipinski definition) is 1. The van der Waals surface area contributed by atoms with Crippen molar-refractivity contribution in [1.29, 1.82) is 0 Å². The highest BCUT2D eigenvalue weighted by Gasteiger charge is 2.15. The Bertz CT molecular complexity index is 2250. The number of nitrogens with one attached hydrogen (secondary N) is 1. The molecule has 0 fully saturated rings. The zero-order chi connectivity index (χ0) is 32.1. The first-order valence-electron chi connectivity index (χ1n) is 16.3. The van der Waals surface area contributed by atoms with Gasteiger partial charge in [-0.3, -0.25) is 0 Å². The van der Waals surface area contributed by atoms with Crippen LogP contribution in [0.4, 0.5) is 28.4 Å². The highest BCUT2D eigenvalue weighted by atomic mass is 15.1. The third-order valence-corrected chi connectivity index (χ3v) is 8.86. The molecule has 0 aliphatic heterocycles. The summed E-state index contributed by atoms with van der Waals surface area (Å²) in [4.78, 5) is 2.34. The maximum absolute atomic E-state index is 3.45.